The van der Waals surface area contributed by atoms with Gasteiger partial charge in [-0.25, -0.2) is 8.42 Å². The molecule has 0 aliphatic heterocycles. The summed E-state index contributed by atoms with van der Waals surface area (Å²) in [5.41, 5.74) is 0.392. The molecule has 2 N–H and O–H groups in total. The van der Waals surface area contributed by atoms with Gasteiger partial charge in [0.1, 0.15) is 5.75 Å². The Bertz CT molecular complexity index is 730. The number of rotatable bonds is 4. The van der Waals surface area contributed by atoms with Crippen LogP contribution in [-0.4, -0.2) is 29.9 Å². The summed E-state index contributed by atoms with van der Waals surface area (Å²) in [5.74, 6) is 0.125. The van der Waals surface area contributed by atoms with Crippen molar-refractivity contribution < 1.29 is 13.5 Å². The second kappa shape index (κ2) is 5.48. The topological polar surface area (TPSA) is 90.5 Å². The Morgan fingerprint density at radius 1 is 1.15 bits per heavy atom. The summed E-state index contributed by atoms with van der Waals surface area (Å²) in [4.78, 5) is 13.3. The van der Waals surface area contributed by atoms with Gasteiger partial charge in [-0.3, -0.25) is 4.79 Å². The number of pyridine rings is 1. The minimum atomic E-state index is -3.66. The number of sulfonamides is 1. The van der Waals surface area contributed by atoms with Crippen molar-refractivity contribution in [3.63, 3.8) is 0 Å². The van der Waals surface area contributed by atoms with Gasteiger partial charge in [0.15, 0.2) is 0 Å². The van der Waals surface area contributed by atoms with E-state index in [-0.39, 0.29) is 22.7 Å². The van der Waals surface area contributed by atoms with Crippen LogP contribution < -0.4 is 5.56 Å². The number of aromatic amines is 1. The Kier molecular flexibility index (Phi) is 3.91. The second-order valence-corrected chi connectivity index (χ2v) is 6.36. The van der Waals surface area contributed by atoms with Crippen molar-refractivity contribution in [2.45, 2.75) is 11.4 Å². The Morgan fingerprint density at radius 2 is 1.80 bits per heavy atom. The van der Waals surface area contributed by atoms with Gasteiger partial charge in [-0.2, -0.15) is 4.31 Å². The highest BCUT2D eigenvalue weighted by Gasteiger charge is 2.20. The summed E-state index contributed by atoms with van der Waals surface area (Å²) >= 11 is 0. The number of hydrogen-bond acceptors (Lipinski definition) is 4. The zero-order chi connectivity index (χ0) is 14.8. The second-order valence-electron chi connectivity index (χ2n) is 4.32. The minimum Gasteiger partial charge on any atom is -0.508 e. The van der Waals surface area contributed by atoms with E-state index in [4.69, 9.17) is 0 Å². The molecule has 106 valence electrons. The van der Waals surface area contributed by atoms with Gasteiger partial charge in [-0.15, -0.1) is 0 Å². The first-order valence-electron chi connectivity index (χ1n) is 5.82. The molecule has 0 amide bonds. The minimum absolute atomic E-state index is 0.0263. The van der Waals surface area contributed by atoms with E-state index in [9.17, 15) is 18.3 Å². The molecule has 2 rings (SSSR count). The number of nitrogens with one attached hydrogen (secondary N) is 1. The lowest BCUT2D eigenvalue weighted by Gasteiger charge is -2.17. The SMILES string of the molecule is CN(Cc1ccc(O)cc1)S(=O)(=O)c1ccc(=O)[nH]c1. The quantitative estimate of drug-likeness (QED) is 0.876. The molecule has 0 atom stereocenters. The van der Waals surface area contributed by atoms with Gasteiger partial charge in [0.05, 0.1) is 4.90 Å². The van der Waals surface area contributed by atoms with E-state index < -0.39 is 10.0 Å². The first-order chi connectivity index (χ1) is 9.39. The number of H-pyrrole nitrogens is 1. The first-order valence-corrected chi connectivity index (χ1v) is 7.26. The van der Waals surface area contributed by atoms with Crippen LogP contribution in [-0.2, 0) is 16.6 Å². The average Bonchev–Trinajstić information content (AvgIpc) is 2.42. The molecule has 0 saturated heterocycles. The van der Waals surface area contributed by atoms with Crippen LogP contribution in [0.4, 0.5) is 0 Å². The van der Waals surface area contributed by atoms with Crippen molar-refractivity contribution in [1.29, 1.82) is 0 Å². The lowest BCUT2D eigenvalue weighted by atomic mass is 10.2. The third-order valence-corrected chi connectivity index (χ3v) is 4.60. The molecule has 0 spiro atoms. The molecule has 1 aromatic heterocycles. The molecule has 0 fully saturated rings. The van der Waals surface area contributed by atoms with Crippen LogP contribution in [0, 0.1) is 0 Å². The van der Waals surface area contributed by atoms with Crippen LogP contribution in [0.1, 0.15) is 5.56 Å². The fraction of sp³-hybridized carbons (Fsp3) is 0.154. The van der Waals surface area contributed by atoms with Crippen LogP contribution in [0.25, 0.3) is 0 Å². The van der Waals surface area contributed by atoms with E-state index in [1.54, 1.807) is 12.1 Å². The molecule has 2 aromatic rings. The molecule has 7 heteroatoms. The summed E-state index contributed by atoms with van der Waals surface area (Å²) in [7, 11) is -2.21. The van der Waals surface area contributed by atoms with Gasteiger partial charge in [-0.05, 0) is 23.8 Å². The third-order valence-electron chi connectivity index (χ3n) is 2.81. The lowest BCUT2D eigenvalue weighted by molar-refractivity contribution is 0.463. The van der Waals surface area contributed by atoms with Crippen molar-refractivity contribution in [3.05, 3.63) is 58.5 Å². The summed E-state index contributed by atoms with van der Waals surface area (Å²) < 4.78 is 25.7. The summed E-state index contributed by atoms with van der Waals surface area (Å²) in [6.45, 7) is 0.168. The Balaban J connectivity index is 2.23. The Hall–Kier alpha value is -2.12. The predicted octanol–water partition coefficient (Wildman–Crippen LogP) is 0.901. The van der Waals surface area contributed by atoms with Crippen LogP contribution in [0.5, 0.6) is 5.75 Å². The number of hydrogen-bond donors (Lipinski definition) is 2. The van der Waals surface area contributed by atoms with E-state index >= 15 is 0 Å². The van der Waals surface area contributed by atoms with Crippen molar-refractivity contribution in [1.82, 2.24) is 9.29 Å². The monoisotopic (exact) mass is 294 g/mol. The van der Waals surface area contributed by atoms with E-state index in [1.807, 2.05) is 0 Å². The van der Waals surface area contributed by atoms with Crippen molar-refractivity contribution in [2.75, 3.05) is 7.05 Å². The molecular weight excluding hydrogens is 280 g/mol. The number of nitrogens with zero attached hydrogens (tertiary/aromatic N) is 1. The van der Waals surface area contributed by atoms with Crippen molar-refractivity contribution in [3.8, 4) is 5.75 Å². The summed E-state index contributed by atoms with van der Waals surface area (Å²) in [6, 6.07) is 8.72. The highest BCUT2D eigenvalue weighted by atomic mass is 32.2. The molecule has 0 aliphatic rings. The van der Waals surface area contributed by atoms with Crippen LogP contribution in [0.2, 0.25) is 0 Å². The number of phenols is 1. The first kappa shape index (κ1) is 14.3. The van der Waals surface area contributed by atoms with Crippen molar-refractivity contribution in [2.24, 2.45) is 0 Å². The molecule has 0 radical (unpaired) electrons. The number of benzene rings is 1. The van der Waals surface area contributed by atoms with Crippen molar-refractivity contribution >= 4 is 10.0 Å². The van der Waals surface area contributed by atoms with Crippen LogP contribution in [0.3, 0.4) is 0 Å². The molecule has 1 heterocycles. The molecule has 0 unspecified atom stereocenters. The van der Waals surface area contributed by atoms with E-state index in [1.165, 1.54) is 41.8 Å². The van der Waals surface area contributed by atoms with E-state index in [0.29, 0.717) is 0 Å². The Labute approximate surface area is 116 Å². The maximum atomic E-state index is 12.3. The molecule has 0 saturated carbocycles. The largest absolute Gasteiger partial charge is 0.508 e. The maximum absolute atomic E-state index is 12.3. The fourth-order valence-corrected chi connectivity index (χ4v) is 2.81. The van der Waals surface area contributed by atoms with Crippen LogP contribution >= 0.6 is 0 Å². The third kappa shape index (κ3) is 3.06. The molecule has 20 heavy (non-hydrogen) atoms. The van der Waals surface area contributed by atoms with Gasteiger partial charge in [-0.1, -0.05) is 12.1 Å². The summed E-state index contributed by atoms with van der Waals surface area (Å²) in [6.07, 6.45) is 1.17. The lowest BCUT2D eigenvalue weighted by Crippen LogP contribution is -2.27. The van der Waals surface area contributed by atoms with Gasteiger partial charge >= 0.3 is 0 Å². The number of aromatic hydroxyl groups is 1. The smallest absolute Gasteiger partial charge is 0.247 e. The molecule has 0 aliphatic carbocycles. The molecule has 0 bridgehead atoms. The number of phenolic OH excluding ortho intramolecular Hbond substituents is 1. The van der Waals surface area contributed by atoms with Gasteiger partial charge in [0, 0.05) is 25.9 Å². The zero-order valence-electron chi connectivity index (χ0n) is 10.8. The standard InChI is InChI=1S/C13H14N2O4S/c1-15(9-10-2-4-11(16)5-3-10)20(18,19)12-6-7-13(17)14-8-12/h2-8,16H,9H2,1H3,(H,14,17). The summed E-state index contributed by atoms with van der Waals surface area (Å²) in [5, 5.41) is 9.19. The van der Waals surface area contributed by atoms with Gasteiger partial charge < -0.3 is 10.1 Å². The molecule has 1 aromatic carbocycles. The maximum Gasteiger partial charge on any atom is 0.247 e. The average molecular weight is 294 g/mol. The van der Waals surface area contributed by atoms with Gasteiger partial charge in [0.25, 0.3) is 0 Å². The van der Waals surface area contributed by atoms with E-state index in [0.717, 1.165) is 5.56 Å². The predicted molar refractivity (Wildman–Crippen MR) is 73.8 cm³/mol. The zero-order valence-corrected chi connectivity index (χ0v) is 11.6. The normalized spacial score (nSPS) is 11.7. The molecule has 6 nitrogen and oxygen atoms in total. The molecular formula is C13H14N2O4S. The highest BCUT2D eigenvalue weighted by Crippen LogP contribution is 2.16. The van der Waals surface area contributed by atoms with E-state index in [2.05, 4.69) is 4.98 Å². The number of aromatic nitrogens is 1. The fourth-order valence-electron chi connectivity index (χ4n) is 1.68. The highest BCUT2D eigenvalue weighted by molar-refractivity contribution is 7.89. The van der Waals surface area contributed by atoms with Gasteiger partial charge in [0.2, 0.25) is 15.6 Å². The van der Waals surface area contributed by atoms with Crippen LogP contribution in [0.15, 0.2) is 52.3 Å². The Morgan fingerprint density at radius 3 is 2.35 bits per heavy atom.